The summed E-state index contributed by atoms with van der Waals surface area (Å²) < 4.78 is 7.68. The number of para-hydroxylation sites is 1. The molecule has 0 spiro atoms. The Bertz CT molecular complexity index is 522. The predicted molar refractivity (Wildman–Crippen MR) is 71.0 cm³/mol. The highest BCUT2D eigenvalue weighted by Crippen LogP contribution is 2.22. The number of methoxy groups -OCH3 is 1. The molecule has 0 fully saturated rings. The molecule has 0 aliphatic carbocycles. The van der Waals surface area contributed by atoms with Crippen LogP contribution in [0.5, 0.6) is 5.75 Å². The summed E-state index contributed by atoms with van der Waals surface area (Å²) in [7, 11) is 1.72. The highest BCUT2D eigenvalue weighted by molar-refractivity contribution is 5.36. The maximum atomic E-state index is 5.39. The van der Waals surface area contributed by atoms with Crippen LogP contribution < -0.4 is 4.74 Å². The number of nitrogens with zero attached hydrogens (tertiary/aromatic N) is 2. The lowest BCUT2D eigenvalue weighted by Crippen LogP contribution is -2.08. The van der Waals surface area contributed by atoms with Gasteiger partial charge in [0.25, 0.3) is 0 Å². The third-order valence-electron chi connectivity index (χ3n) is 3.52. The van der Waals surface area contributed by atoms with Crippen LogP contribution in [0.1, 0.15) is 29.9 Å². The topological polar surface area (TPSA) is 27.1 Å². The normalized spacial score (nSPS) is 14.3. The molecular weight excluding hydrogens is 224 g/mol. The second-order valence-corrected chi connectivity index (χ2v) is 4.79. The van der Waals surface area contributed by atoms with Crippen molar-refractivity contribution in [2.24, 2.45) is 0 Å². The summed E-state index contributed by atoms with van der Waals surface area (Å²) in [5, 5.41) is 0. The Balaban J connectivity index is 1.85. The van der Waals surface area contributed by atoms with E-state index in [1.807, 2.05) is 18.2 Å². The molecule has 94 valence electrons. The zero-order chi connectivity index (χ0) is 12.4. The van der Waals surface area contributed by atoms with E-state index in [4.69, 9.17) is 9.72 Å². The van der Waals surface area contributed by atoms with Crippen molar-refractivity contribution in [3.05, 3.63) is 47.5 Å². The zero-order valence-electron chi connectivity index (χ0n) is 10.7. The third kappa shape index (κ3) is 2.13. The summed E-state index contributed by atoms with van der Waals surface area (Å²) in [6.07, 6.45) is 6.71. The predicted octanol–water partition coefficient (Wildman–Crippen LogP) is 2.82. The quantitative estimate of drug-likeness (QED) is 0.827. The number of hydrogen-bond donors (Lipinski definition) is 0. The number of rotatable bonds is 3. The van der Waals surface area contributed by atoms with Gasteiger partial charge in [0.1, 0.15) is 11.6 Å². The lowest BCUT2D eigenvalue weighted by Gasteiger charge is -2.11. The van der Waals surface area contributed by atoms with Gasteiger partial charge >= 0.3 is 0 Å². The van der Waals surface area contributed by atoms with Crippen molar-refractivity contribution in [2.75, 3.05) is 7.11 Å². The molecule has 1 aromatic heterocycles. The molecule has 2 aromatic rings. The molecule has 0 unspecified atom stereocenters. The first-order valence-corrected chi connectivity index (χ1v) is 6.53. The fraction of sp³-hybridized carbons (Fsp3) is 0.400. The van der Waals surface area contributed by atoms with Gasteiger partial charge in [0.15, 0.2) is 0 Å². The van der Waals surface area contributed by atoms with E-state index in [9.17, 15) is 0 Å². The van der Waals surface area contributed by atoms with Crippen molar-refractivity contribution < 1.29 is 4.74 Å². The molecule has 0 saturated carbocycles. The molecule has 0 bridgehead atoms. The molecule has 18 heavy (non-hydrogen) atoms. The third-order valence-corrected chi connectivity index (χ3v) is 3.52. The lowest BCUT2D eigenvalue weighted by molar-refractivity contribution is 0.410. The van der Waals surface area contributed by atoms with Gasteiger partial charge in [-0.05, 0) is 18.9 Å². The maximum Gasteiger partial charge on any atom is 0.122 e. The van der Waals surface area contributed by atoms with Crippen LogP contribution in [-0.2, 0) is 19.4 Å². The smallest absolute Gasteiger partial charge is 0.122 e. The van der Waals surface area contributed by atoms with E-state index in [-0.39, 0.29) is 0 Å². The molecular formula is C15H18N2O. The number of ether oxygens (including phenoxy) is 1. The summed E-state index contributed by atoms with van der Waals surface area (Å²) in [5.41, 5.74) is 2.35. The molecule has 0 saturated heterocycles. The minimum absolute atomic E-state index is 0.851. The maximum absolute atomic E-state index is 5.39. The van der Waals surface area contributed by atoms with E-state index >= 15 is 0 Å². The van der Waals surface area contributed by atoms with Crippen LogP contribution in [0.4, 0.5) is 0 Å². The molecule has 0 amide bonds. The first-order chi connectivity index (χ1) is 8.86. The zero-order valence-corrected chi connectivity index (χ0v) is 10.7. The molecule has 3 nitrogen and oxygen atoms in total. The molecule has 3 heteroatoms. The largest absolute Gasteiger partial charge is 0.496 e. The first kappa shape index (κ1) is 11.3. The average molecular weight is 242 g/mol. The standard InChI is InChI=1S/C15H18N2O/c1-18-14-7-3-2-6-12(14)10-13-11-17-9-5-4-8-15(17)16-13/h2-3,6-7,11H,4-5,8-10H2,1H3. The SMILES string of the molecule is COc1ccccc1Cc1cn2c(n1)CCCC2. The van der Waals surface area contributed by atoms with Crippen molar-refractivity contribution in [1.82, 2.24) is 9.55 Å². The fourth-order valence-corrected chi connectivity index (χ4v) is 2.60. The summed E-state index contributed by atoms with van der Waals surface area (Å²) in [6, 6.07) is 8.16. The van der Waals surface area contributed by atoms with Crippen LogP contribution in [0.3, 0.4) is 0 Å². The Hall–Kier alpha value is -1.77. The number of imidazole rings is 1. The van der Waals surface area contributed by atoms with E-state index in [2.05, 4.69) is 16.8 Å². The Morgan fingerprint density at radius 2 is 2.17 bits per heavy atom. The number of aryl methyl sites for hydroxylation is 2. The van der Waals surface area contributed by atoms with E-state index in [0.29, 0.717) is 0 Å². The van der Waals surface area contributed by atoms with Gasteiger partial charge in [-0.1, -0.05) is 18.2 Å². The van der Waals surface area contributed by atoms with E-state index < -0.39 is 0 Å². The van der Waals surface area contributed by atoms with Crippen molar-refractivity contribution in [2.45, 2.75) is 32.2 Å². The van der Waals surface area contributed by atoms with Gasteiger partial charge in [-0.15, -0.1) is 0 Å². The highest BCUT2D eigenvalue weighted by Gasteiger charge is 2.13. The van der Waals surface area contributed by atoms with Crippen molar-refractivity contribution in [3.8, 4) is 5.75 Å². The van der Waals surface area contributed by atoms with Crippen LogP contribution in [-0.4, -0.2) is 16.7 Å². The Morgan fingerprint density at radius 3 is 3.00 bits per heavy atom. The molecule has 1 aliphatic rings. The Labute approximate surface area is 107 Å². The minimum atomic E-state index is 0.851. The lowest BCUT2D eigenvalue weighted by atomic mass is 10.1. The summed E-state index contributed by atoms with van der Waals surface area (Å²) in [5.74, 6) is 2.19. The van der Waals surface area contributed by atoms with Gasteiger partial charge in [0.05, 0.1) is 12.8 Å². The van der Waals surface area contributed by atoms with Gasteiger partial charge in [-0.3, -0.25) is 0 Å². The average Bonchev–Trinajstić information content (AvgIpc) is 2.81. The van der Waals surface area contributed by atoms with Crippen LogP contribution in [0.15, 0.2) is 30.5 Å². The van der Waals surface area contributed by atoms with Gasteiger partial charge in [-0.2, -0.15) is 0 Å². The minimum Gasteiger partial charge on any atom is -0.496 e. The van der Waals surface area contributed by atoms with Crippen LogP contribution in [0.25, 0.3) is 0 Å². The van der Waals surface area contributed by atoms with E-state index in [1.54, 1.807) is 7.11 Å². The van der Waals surface area contributed by atoms with E-state index in [1.165, 1.54) is 24.2 Å². The van der Waals surface area contributed by atoms with Crippen LogP contribution in [0, 0.1) is 0 Å². The van der Waals surface area contributed by atoms with Crippen molar-refractivity contribution >= 4 is 0 Å². The Kier molecular flexibility index (Phi) is 3.05. The number of hydrogen-bond acceptors (Lipinski definition) is 2. The monoisotopic (exact) mass is 242 g/mol. The summed E-state index contributed by atoms with van der Waals surface area (Å²) in [4.78, 5) is 4.73. The van der Waals surface area contributed by atoms with Gasteiger partial charge < -0.3 is 9.30 Å². The second kappa shape index (κ2) is 4.84. The summed E-state index contributed by atoms with van der Waals surface area (Å²) >= 11 is 0. The van der Waals surface area contributed by atoms with Gasteiger partial charge in [-0.25, -0.2) is 4.98 Å². The fourth-order valence-electron chi connectivity index (χ4n) is 2.60. The number of fused-ring (bicyclic) bond motifs is 1. The van der Waals surface area contributed by atoms with Crippen molar-refractivity contribution in [3.63, 3.8) is 0 Å². The molecule has 2 heterocycles. The second-order valence-electron chi connectivity index (χ2n) is 4.79. The molecule has 1 aliphatic heterocycles. The van der Waals surface area contributed by atoms with Crippen LogP contribution in [0.2, 0.25) is 0 Å². The Morgan fingerprint density at radius 1 is 1.28 bits per heavy atom. The van der Waals surface area contributed by atoms with Gasteiger partial charge in [0, 0.05) is 31.1 Å². The van der Waals surface area contributed by atoms with Crippen molar-refractivity contribution in [1.29, 1.82) is 0 Å². The molecule has 3 rings (SSSR count). The first-order valence-electron chi connectivity index (χ1n) is 6.53. The van der Waals surface area contributed by atoms with Gasteiger partial charge in [0.2, 0.25) is 0 Å². The van der Waals surface area contributed by atoms with Crippen LogP contribution >= 0.6 is 0 Å². The molecule has 0 atom stereocenters. The summed E-state index contributed by atoms with van der Waals surface area (Å²) in [6.45, 7) is 1.12. The van der Waals surface area contributed by atoms with E-state index in [0.717, 1.165) is 30.8 Å². The highest BCUT2D eigenvalue weighted by atomic mass is 16.5. The number of aromatic nitrogens is 2. The number of benzene rings is 1. The molecule has 0 radical (unpaired) electrons. The molecule has 1 aromatic carbocycles. The molecule has 0 N–H and O–H groups in total.